The number of methoxy groups -OCH3 is 1. The van der Waals surface area contributed by atoms with Crippen LogP contribution in [0.1, 0.15) is 30.8 Å². The van der Waals surface area contributed by atoms with Crippen LogP contribution in [0.15, 0.2) is 30.6 Å². The number of hydrogen-bond donors (Lipinski definition) is 3. The molecule has 3 aromatic heterocycles. The molecule has 148 valence electrons. The third-order valence-electron chi connectivity index (χ3n) is 3.92. The van der Waals surface area contributed by atoms with E-state index in [-0.39, 0.29) is 21.8 Å². The SMILES string of the molecule is CO[C@@H](C)c1c(NC(=O)Nc2cc[n+](O)c(C(F)F)c2)cnc2cc(F)nn12. The van der Waals surface area contributed by atoms with Crippen LogP contribution in [0.5, 0.6) is 0 Å². The summed E-state index contributed by atoms with van der Waals surface area (Å²) in [7, 11) is 1.43. The lowest BCUT2D eigenvalue weighted by molar-refractivity contribution is -0.911. The summed E-state index contributed by atoms with van der Waals surface area (Å²) in [6.45, 7) is 1.67. The number of carbonyl (C=O) groups is 1. The number of aromatic nitrogens is 4. The minimum atomic E-state index is -2.94. The summed E-state index contributed by atoms with van der Waals surface area (Å²) in [6.07, 6.45) is -1.24. The quantitative estimate of drug-likeness (QED) is 0.454. The van der Waals surface area contributed by atoms with Crippen molar-refractivity contribution in [3.05, 3.63) is 47.9 Å². The second kappa shape index (κ2) is 7.68. The van der Waals surface area contributed by atoms with Crippen LogP contribution in [0.25, 0.3) is 5.65 Å². The summed E-state index contributed by atoms with van der Waals surface area (Å²) in [5.74, 6) is -0.750. The van der Waals surface area contributed by atoms with E-state index in [1.165, 1.54) is 23.9 Å². The Morgan fingerprint density at radius 3 is 2.79 bits per heavy atom. The van der Waals surface area contributed by atoms with Gasteiger partial charge in [-0.3, -0.25) is 5.21 Å². The zero-order valence-electron chi connectivity index (χ0n) is 14.7. The summed E-state index contributed by atoms with van der Waals surface area (Å²) >= 11 is 0. The molecule has 0 saturated carbocycles. The fraction of sp³-hybridized carbons (Fsp3) is 0.250. The highest BCUT2D eigenvalue weighted by molar-refractivity contribution is 6.00. The second-order valence-electron chi connectivity index (χ2n) is 5.74. The third kappa shape index (κ3) is 3.81. The van der Waals surface area contributed by atoms with Gasteiger partial charge in [-0.1, -0.05) is 0 Å². The predicted molar refractivity (Wildman–Crippen MR) is 89.8 cm³/mol. The Morgan fingerprint density at radius 2 is 2.11 bits per heavy atom. The minimum Gasteiger partial charge on any atom is -0.375 e. The van der Waals surface area contributed by atoms with E-state index in [2.05, 4.69) is 20.7 Å². The zero-order chi connectivity index (χ0) is 20.4. The van der Waals surface area contributed by atoms with E-state index in [1.54, 1.807) is 6.92 Å². The van der Waals surface area contributed by atoms with Crippen molar-refractivity contribution in [3.63, 3.8) is 0 Å². The number of nitrogens with one attached hydrogen (secondary N) is 2. The molecule has 3 heterocycles. The number of fused-ring (bicyclic) bond motifs is 1. The maximum atomic E-state index is 13.5. The van der Waals surface area contributed by atoms with Crippen molar-refractivity contribution in [1.82, 2.24) is 14.6 Å². The summed E-state index contributed by atoms with van der Waals surface area (Å²) in [5.41, 5.74) is 0.0745. The third-order valence-corrected chi connectivity index (χ3v) is 3.92. The molecule has 0 aromatic carbocycles. The van der Waals surface area contributed by atoms with Crippen molar-refractivity contribution < 1.29 is 32.6 Å². The Bertz CT molecular complexity index is 1030. The molecule has 1 atom stereocenters. The van der Waals surface area contributed by atoms with Gasteiger partial charge in [-0.25, -0.2) is 14.3 Å². The first kappa shape index (κ1) is 19.4. The molecule has 3 rings (SSSR count). The number of pyridine rings is 1. The van der Waals surface area contributed by atoms with Crippen LogP contribution in [0.2, 0.25) is 0 Å². The predicted octanol–water partition coefficient (Wildman–Crippen LogP) is 2.68. The van der Waals surface area contributed by atoms with Gasteiger partial charge < -0.3 is 15.4 Å². The van der Waals surface area contributed by atoms with E-state index < -0.39 is 30.2 Å². The number of nitrogens with zero attached hydrogens (tertiary/aromatic N) is 4. The molecule has 0 unspecified atom stereocenters. The second-order valence-corrected chi connectivity index (χ2v) is 5.74. The van der Waals surface area contributed by atoms with Crippen LogP contribution in [-0.2, 0) is 4.74 Å². The molecule has 0 spiro atoms. The van der Waals surface area contributed by atoms with Gasteiger partial charge in [-0.2, -0.15) is 13.2 Å². The monoisotopic (exact) mass is 397 g/mol. The van der Waals surface area contributed by atoms with Gasteiger partial charge in [0.15, 0.2) is 5.65 Å². The average Bonchev–Trinajstić information content (AvgIpc) is 3.02. The molecule has 0 bridgehead atoms. The van der Waals surface area contributed by atoms with Gasteiger partial charge in [0, 0.05) is 30.0 Å². The van der Waals surface area contributed by atoms with Crippen molar-refractivity contribution in [2.45, 2.75) is 19.5 Å². The Labute approximate surface area is 156 Å². The molecule has 0 radical (unpaired) electrons. The molecule has 3 N–H and O–H groups in total. The molecule has 0 saturated heterocycles. The topological polar surface area (TPSA) is 105 Å². The Kier molecular flexibility index (Phi) is 5.31. The number of hydrogen-bond acceptors (Lipinski definition) is 5. The minimum absolute atomic E-state index is 0.0265. The highest BCUT2D eigenvalue weighted by atomic mass is 19.3. The number of rotatable bonds is 5. The molecule has 9 nitrogen and oxygen atoms in total. The number of urea groups is 1. The first-order valence-corrected chi connectivity index (χ1v) is 7.98. The fourth-order valence-corrected chi connectivity index (χ4v) is 2.56. The zero-order valence-corrected chi connectivity index (χ0v) is 14.7. The van der Waals surface area contributed by atoms with E-state index >= 15 is 0 Å². The lowest BCUT2D eigenvalue weighted by Gasteiger charge is -2.17. The molecule has 0 fully saturated rings. The van der Waals surface area contributed by atoms with Gasteiger partial charge in [-0.05, 0) is 6.92 Å². The van der Waals surface area contributed by atoms with E-state index in [0.717, 1.165) is 18.3 Å². The van der Waals surface area contributed by atoms with Gasteiger partial charge >= 0.3 is 18.2 Å². The Balaban J connectivity index is 1.88. The first-order valence-electron chi connectivity index (χ1n) is 7.98. The molecule has 28 heavy (non-hydrogen) atoms. The Morgan fingerprint density at radius 1 is 1.36 bits per heavy atom. The van der Waals surface area contributed by atoms with Crippen LogP contribution < -0.4 is 15.4 Å². The van der Waals surface area contributed by atoms with Crippen LogP contribution in [0.3, 0.4) is 0 Å². The summed E-state index contributed by atoms with van der Waals surface area (Å²) in [4.78, 5) is 16.3. The van der Waals surface area contributed by atoms with Crippen LogP contribution in [0, 0.1) is 5.95 Å². The molecular formula is C16H16F3N6O3+. The van der Waals surface area contributed by atoms with E-state index in [0.29, 0.717) is 5.69 Å². The van der Waals surface area contributed by atoms with E-state index in [4.69, 9.17) is 4.74 Å². The lowest BCUT2D eigenvalue weighted by Crippen LogP contribution is -2.35. The first-order chi connectivity index (χ1) is 13.3. The average molecular weight is 397 g/mol. The van der Waals surface area contributed by atoms with Gasteiger partial charge in [0.1, 0.15) is 0 Å². The molecule has 2 amide bonds. The van der Waals surface area contributed by atoms with Crippen molar-refractivity contribution in [3.8, 4) is 0 Å². The summed E-state index contributed by atoms with van der Waals surface area (Å²) < 4.78 is 45.9. The fourth-order valence-electron chi connectivity index (χ4n) is 2.56. The number of anilines is 2. The molecule has 0 aliphatic rings. The van der Waals surface area contributed by atoms with Crippen molar-refractivity contribution >= 4 is 23.1 Å². The molecule has 3 aromatic rings. The van der Waals surface area contributed by atoms with Gasteiger partial charge in [0.25, 0.3) is 0 Å². The molecule has 12 heteroatoms. The van der Waals surface area contributed by atoms with E-state index in [9.17, 15) is 23.2 Å². The van der Waals surface area contributed by atoms with Gasteiger partial charge in [-0.15, -0.1) is 5.10 Å². The summed E-state index contributed by atoms with van der Waals surface area (Å²) in [6, 6.07) is 2.51. The molecule has 0 aliphatic carbocycles. The van der Waals surface area contributed by atoms with Gasteiger partial charge in [0.05, 0.1) is 29.4 Å². The van der Waals surface area contributed by atoms with Crippen LogP contribution in [0.4, 0.5) is 29.3 Å². The Hall–Kier alpha value is -3.41. The number of halogens is 3. The van der Waals surface area contributed by atoms with E-state index in [1.807, 2.05) is 0 Å². The van der Waals surface area contributed by atoms with Crippen LogP contribution >= 0.6 is 0 Å². The van der Waals surface area contributed by atoms with Crippen molar-refractivity contribution in [2.24, 2.45) is 0 Å². The lowest BCUT2D eigenvalue weighted by atomic mass is 10.2. The van der Waals surface area contributed by atoms with Gasteiger partial charge in [0.2, 0.25) is 12.1 Å². The number of alkyl halides is 2. The molecular weight excluding hydrogens is 381 g/mol. The number of carbonyl (C=O) groups excluding carboxylic acids is 1. The number of amides is 2. The highest BCUT2D eigenvalue weighted by Crippen LogP contribution is 2.26. The largest absolute Gasteiger partial charge is 0.375 e. The highest BCUT2D eigenvalue weighted by Gasteiger charge is 2.23. The maximum Gasteiger partial charge on any atom is 0.325 e. The normalized spacial score (nSPS) is 12.4. The summed E-state index contributed by atoms with van der Waals surface area (Å²) in [5, 5.41) is 17.9. The smallest absolute Gasteiger partial charge is 0.325 e. The number of ether oxygens (including phenoxy) is 1. The maximum absolute atomic E-state index is 13.5. The van der Waals surface area contributed by atoms with Crippen molar-refractivity contribution in [1.29, 1.82) is 0 Å². The van der Waals surface area contributed by atoms with Crippen molar-refractivity contribution in [2.75, 3.05) is 17.7 Å². The van der Waals surface area contributed by atoms with Crippen LogP contribution in [-0.4, -0.2) is 32.9 Å². The standard InChI is InChI=1S/C16H15F3N6O3/c1-8(28-2)14-10(7-20-13-6-12(17)23-25(13)14)22-16(26)21-9-3-4-24(27)11(5-9)15(18)19/h3-8,15,27H,1-2H3,(H,22,26)/p+1/t8-/m0/s1. The molecule has 0 aliphatic heterocycles.